The van der Waals surface area contributed by atoms with Crippen LogP contribution in [0.4, 0.5) is 0 Å². The van der Waals surface area contributed by atoms with Crippen molar-refractivity contribution in [1.82, 2.24) is 0 Å². The smallest absolute Gasteiger partial charge is 0.397 e. The van der Waals surface area contributed by atoms with Gasteiger partial charge in [-0.2, -0.15) is 0 Å². The number of benzene rings is 1. The summed E-state index contributed by atoms with van der Waals surface area (Å²) in [7, 11) is -1.36. The molecule has 0 atom stereocenters. The predicted molar refractivity (Wildman–Crippen MR) is 134 cm³/mol. The fraction of sp³-hybridized carbons (Fsp3) is 0.778. The lowest BCUT2D eigenvalue weighted by molar-refractivity contribution is 0.00787. The van der Waals surface area contributed by atoms with Gasteiger partial charge in [0, 0.05) is 11.0 Å². The van der Waals surface area contributed by atoms with E-state index in [0.29, 0.717) is 11.8 Å². The zero-order valence-corrected chi connectivity index (χ0v) is 22.5. The minimum Gasteiger partial charge on any atom is -0.426 e. The molecule has 0 saturated carbocycles. The van der Waals surface area contributed by atoms with Crippen molar-refractivity contribution in [2.45, 2.75) is 106 Å². The third-order valence-corrected chi connectivity index (χ3v) is 7.25. The number of hydrogen-bond acceptors (Lipinski definition) is 3. The largest absolute Gasteiger partial charge is 0.426 e. The van der Waals surface area contributed by atoms with E-state index in [-0.39, 0.29) is 10.8 Å². The van der Waals surface area contributed by atoms with Crippen LogP contribution in [-0.2, 0) is 27.3 Å². The number of rotatable bonds is 10. The normalized spacial score (nSPS) is 22.4. The molecule has 2 rings (SSSR count). The Balaban J connectivity index is 2.31. The molecule has 1 aromatic rings. The minimum absolute atomic E-state index is 0.00647. The van der Waals surface area contributed by atoms with Gasteiger partial charge < -0.3 is 13.6 Å². The first-order valence-corrected chi connectivity index (χ1v) is 13.5. The first-order chi connectivity index (χ1) is 14.5. The van der Waals surface area contributed by atoms with Crippen molar-refractivity contribution in [2.24, 2.45) is 17.3 Å². The SMILES string of the molecule is CCCCC1(CC)COP(Oc2c(CC(C)C)cc(CC(C)C)cc2C(C)(C)C)OC1. The van der Waals surface area contributed by atoms with Gasteiger partial charge in [-0.25, -0.2) is 0 Å². The standard InChI is InChI=1S/C27H47O3P/c1-10-12-13-27(11-2)18-28-31(29-19-27)30-25-23(15-21(5)6)16-22(14-20(3)4)17-24(25)26(7,8)9/h16-17,20-21H,10-15,18-19H2,1-9H3. The van der Waals surface area contributed by atoms with Crippen LogP contribution < -0.4 is 4.52 Å². The quantitative estimate of drug-likeness (QED) is 0.334. The lowest BCUT2D eigenvalue weighted by Gasteiger charge is -2.38. The van der Waals surface area contributed by atoms with E-state index in [2.05, 4.69) is 74.4 Å². The maximum absolute atomic E-state index is 6.57. The molecular formula is C27H47O3P. The molecule has 3 nitrogen and oxygen atoms in total. The Morgan fingerprint density at radius 3 is 2.10 bits per heavy atom. The third kappa shape index (κ3) is 7.72. The molecule has 0 amide bonds. The van der Waals surface area contributed by atoms with Crippen LogP contribution >= 0.6 is 8.60 Å². The second-order valence-electron chi connectivity index (χ2n) is 11.4. The molecule has 4 heteroatoms. The van der Waals surface area contributed by atoms with Gasteiger partial charge in [0.15, 0.2) is 0 Å². The van der Waals surface area contributed by atoms with Crippen molar-refractivity contribution in [1.29, 1.82) is 0 Å². The highest BCUT2D eigenvalue weighted by Crippen LogP contribution is 2.52. The predicted octanol–water partition coefficient (Wildman–Crippen LogP) is 8.62. The summed E-state index contributed by atoms with van der Waals surface area (Å²) in [4.78, 5) is 0. The van der Waals surface area contributed by atoms with Crippen LogP contribution in [0.2, 0.25) is 0 Å². The van der Waals surface area contributed by atoms with Gasteiger partial charge in [-0.3, -0.25) is 0 Å². The van der Waals surface area contributed by atoms with Crippen molar-refractivity contribution < 1.29 is 13.6 Å². The maximum Gasteiger partial charge on any atom is 0.397 e. The zero-order chi connectivity index (χ0) is 23.2. The lowest BCUT2D eigenvalue weighted by atomic mass is 9.82. The Bertz CT molecular complexity index is 682. The fourth-order valence-electron chi connectivity index (χ4n) is 4.26. The molecule has 0 spiro atoms. The van der Waals surface area contributed by atoms with Gasteiger partial charge in [0.25, 0.3) is 0 Å². The van der Waals surface area contributed by atoms with E-state index in [1.807, 2.05) is 0 Å². The molecule has 0 aromatic heterocycles. The summed E-state index contributed by atoms with van der Waals surface area (Å²) in [6.07, 6.45) is 6.78. The van der Waals surface area contributed by atoms with Crippen molar-refractivity contribution in [3.05, 3.63) is 28.8 Å². The zero-order valence-electron chi connectivity index (χ0n) is 21.6. The Morgan fingerprint density at radius 1 is 1.00 bits per heavy atom. The average molecular weight is 451 g/mol. The van der Waals surface area contributed by atoms with Crippen LogP contribution in [0.25, 0.3) is 0 Å². The fourth-order valence-corrected chi connectivity index (χ4v) is 5.57. The van der Waals surface area contributed by atoms with E-state index < -0.39 is 8.60 Å². The second-order valence-corrected chi connectivity index (χ2v) is 12.5. The molecule has 1 aliphatic heterocycles. The summed E-state index contributed by atoms with van der Waals surface area (Å²) in [5.74, 6) is 2.19. The van der Waals surface area contributed by atoms with Crippen LogP contribution in [0, 0.1) is 17.3 Å². The van der Waals surface area contributed by atoms with Crippen LogP contribution in [0.15, 0.2) is 12.1 Å². The Hall–Kier alpha value is -0.630. The van der Waals surface area contributed by atoms with Gasteiger partial charge in [0.1, 0.15) is 5.75 Å². The summed E-state index contributed by atoms with van der Waals surface area (Å²) in [5.41, 5.74) is 4.12. The topological polar surface area (TPSA) is 27.7 Å². The van der Waals surface area contributed by atoms with Crippen LogP contribution in [-0.4, -0.2) is 13.2 Å². The number of unbranched alkanes of at least 4 members (excludes halogenated alkanes) is 1. The molecule has 0 radical (unpaired) electrons. The molecule has 1 aliphatic rings. The average Bonchev–Trinajstić information content (AvgIpc) is 2.67. The van der Waals surface area contributed by atoms with E-state index in [1.54, 1.807) is 0 Å². The van der Waals surface area contributed by atoms with Crippen LogP contribution in [0.1, 0.15) is 105 Å². The van der Waals surface area contributed by atoms with E-state index in [4.69, 9.17) is 13.6 Å². The summed E-state index contributed by atoms with van der Waals surface area (Å²) in [6, 6.07) is 4.72. The van der Waals surface area contributed by atoms with Gasteiger partial charge in [-0.05, 0) is 54.1 Å². The lowest BCUT2D eigenvalue weighted by Crippen LogP contribution is -2.34. The monoisotopic (exact) mass is 450 g/mol. The minimum atomic E-state index is -1.36. The van der Waals surface area contributed by atoms with E-state index in [0.717, 1.165) is 38.2 Å². The highest BCUT2D eigenvalue weighted by molar-refractivity contribution is 7.42. The van der Waals surface area contributed by atoms with Gasteiger partial charge in [-0.15, -0.1) is 0 Å². The van der Waals surface area contributed by atoms with E-state index >= 15 is 0 Å². The Morgan fingerprint density at radius 2 is 1.61 bits per heavy atom. The van der Waals surface area contributed by atoms with Gasteiger partial charge in [0.05, 0.1) is 13.2 Å². The first kappa shape index (κ1) is 26.6. The summed E-state index contributed by atoms with van der Waals surface area (Å²) >= 11 is 0. The van der Waals surface area contributed by atoms with Crippen LogP contribution in [0.3, 0.4) is 0 Å². The van der Waals surface area contributed by atoms with Crippen molar-refractivity contribution in [2.75, 3.05) is 13.2 Å². The molecule has 31 heavy (non-hydrogen) atoms. The maximum atomic E-state index is 6.57. The molecule has 1 saturated heterocycles. The van der Waals surface area contributed by atoms with Gasteiger partial charge >= 0.3 is 8.60 Å². The molecule has 1 heterocycles. The molecular weight excluding hydrogens is 403 g/mol. The summed E-state index contributed by atoms with van der Waals surface area (Å²) in [6.45, 7) is 21.9. The summed E-state index contributed by atoms with van der Waals surface area (Å²) < 4.78 is 19.0. The van der Waals surface area contributed by atoms with Crippen molar-refractivity contribution in [3.63, 3.8) is 0 Å². The second kappa shape index (κ2) is 11.5. The molecule has 0 bridgehead atoms. The highest BCUT2D eigenvalue weighted by atomic mass is 31.2. The first-order valence-electron chi connectivity index (χ1n) is 12.4. The molecule has 178 valence electrons. The number of hydrogen-bond donors (Lipinski definition) is 0. The Kier molecular flexibility index (Phi) is 9.86. The van der Waals surface area contributed by atoms with E-state index in [9.17, 15) is 0 Å². The summed E-state index contributed by atoms with van der Waals surface area (Å²) in [5, 5.41) is 0. The molecule has 0 N–H and O–H groups in total. The highest BCUT2D eigenvalue weighted by Gasteiger charge is 2.38. The third-order valence-electron chi connectivity index (χ3n) is 6.23. The Labute approximate surface area is 193 Å². The van der Waals surface area contributed by atoms with Crippen molar-refractivity contribution in [3.8, 4) is 5.75 Å². The molecule has 1 fully saturated rings. The van der Waals surface area contributed by atoms with E-state index in [1.165, 1.54) is 36.0 Å². The van der Waals surface area contributed by atoms with Crippen LogP contribution in [0.5, 0.6) is 5.75 Å². The van der Waals surface area contributed by atoms with Crippen molar-refractivity contribution >= 4 is 8.60 Å². The molecule has 0 aliphatic carbocycles. The molecule has 0 unspecified atom stereocenters. The molecule has 1 aromatic carbocycles. The van der Waals surface area contributed by atoms with Gasteiger partial charge in [0.2, 0.25) is 0 Å². The van der Waals surface area contributed by atoms with Gasteiger partial charge in [-0.1, -0.05) is 87.3 Å².